The third kappa shape index (κ3) is 6.93. The first kappa shape index (κ1) is 26.9. The number of carbonyl (C=O) groups excluding carboxylic acids is 2. The van der Waals surface area contributed by atoms with Crippen molar-refractivity contribution in [1.29, 1.82) is 0 Å². The van der Waals surface area contributed by atoms with Crippen molar-refractivity contribution in [3.63, 3.8) is 0 Å². The van der Waals surface area contributed by atoms with E-state index < -0.39 is 29.4 Å². The quantitative estimate of drug-likeness (QED) is 0.308. The van der Waals surface area contributed by atoms with Crippen molar-refractivity contribution in [3.05, 3.63) is 80.6 Å². The molecule has 0 aliphatic heterocycles. The summed E-state index contributed by atoms with van der Waals surface area (Å²) in [5.41, 5.74) is 6.61. The van der Waals surface area contributed by atoms with Gasteiger partial charge in [-0.2, -0.15) is 0 Å². The van der Waals surface area contributed by atoms with Crippen LogP contribution in [0.3, 0.4) is 0 Å². The van der Waals surface area contributed by atoms with Crippen LogP contribution in [0, 0.1) is 0 Å². The summed E-state index contributed by atoms with van der Waals surface area (Å²) in [4.78, 5) is 40.0. The number of rotatable bonds is 10. The number of halogens is 2. The van der Waals surface area contributed by atoms with Gasteiger partial charge in [-0.1, -0.05) is 35.9 Å². The number of amides is 2. The lowest BCUT2D eigenvalue weighted by molar-refractivity contribution is -0.144. The van der Waals surface area contributed by atoms with Gasteiger partial charge >= 0.3 is 5.97 Å². The number of carboxylic acids is 1. The molecule has 0 bridgehead atoms. The summed E-state index contributed by atoms with van der Waals surface area (Å²) in [6.45, 7) is 3.63. The number of nitrogens with zero attached hydrogens (tertiary/aromatic N) is 1. The summed E-state index contributed by atoms with van der Waals surface area (Å²) >= 11 is 11.0. The zero-order chi connectivity index (χ0) is 25.8. The fourth-order valence-electron chi connectivity index (χ4n) is 4.05. The van der Waals surface area contributed by atoms with Gasteiger partial charge in [0.25, 0.3) is 5.91 Å². The van der Waals surface area contributed by atoms with Crippen LogP contribution in [-0.4, -0.2) is 39.4 Å². The fraction of sp³-hybridized carbons (Fsp3) is 0.269. The Bertz CT molecular complexity index is 1210. The van der Waals surface area contributed by atoms with E-state index in [-0.39, 0.29) is 12.8 Å². The number of nitrogens with two attached hydrogens (primary N) is 1. The van der Waals surface area contributed by atoms with E-state index in [4.69, 9.17) is 17.3 Å². The second-order valence-electron chi connectivity index (χ2n) is 8.83. The predicted octanol–water partition coefficient (Wildman–Crippen LogP) is 6.01. The van der Waals surface area contributed by atoms with Gasteiger partial charge in [0.05, 0.1) is 3.79 Å². The van der Waals surface area contributed by atoms with E-state index in [1.165, 1.54) is 4.90 Å². The van der Waals surface area contributed by atoms with Gasteiger partial charge in [0.15, 0.2) is 0 Å². The SMILES string of the molecule is CC(C)(Cc1ccc(Cl)cc1)N(C(=O)c1ccc(-c2ccc(Br)s2)cc1)[C@@H](CCC(N)=O)C(=O)O. The van der Waals surface area contributed by atoms with E-state index >= 15 is 0 Å². The first-order valence-corrected chi connectivity index (χ1v) is 12.9. The van der Waals surface area contributed by atoms with Crippen LogP contribution in [0.5, 0.6) is 0 Å². The average Bonchev–Trinajstić information content (AvgIpc) is 3.23. The van der Waals surface area contributed by atoms with Crippen LogP contribution in [0.1, 0.15) is 42.6 Å². The molecule has 0 unspecified atom stereocenters. The first-order valence-electron chi connectivity index (χ1n) is 10.9. The minimum atomic E-state index is -1.23. The average molecular weight is 578 g/mol. The molecule has 1 heterocycles. The molecule has 3 N–H and O–H groups in total. The van der Waals surface area contributed by atoms with Gasteiger partial charge in [-0.25, -0.2) is 4.79 Å². The van der Waals surface area contributed by atoms with E-state index in [9.17, 15) is 19.5 Å². The number of primary amides is 1. The van der Waals surface area contributed by atoms with E-state index in [1.54, 1.807) is 35.6 Å². The Morgan fingerprint density at radius 2 is 1.69 bits per heavy atom. The Hall–Kier alpha value is -2.68. The lowest BCUT2D eigenvalue weighted by Gasteiger charge is -2.42. The molecule has 6 nitrogen and oxygen atoms in total. The van der Waals surface area contributed by atoms with Crippen molar-refractivity contribution < 1.29 is 19.5 Å². The smallest absolute Gasteiger partial charge is 0.326 e. The number of aliphatic carboxylic acids is 1. The summed E-state index contributed by atoms with van der Waals surface area (Å²) < 4.78 is 1.00. The molecule has 0 radical (unpaired) electrons. The monoisotopic (exact) mass is 576 g/mol. The number of hydrogen-bond donors (Lipinski definition) is 2. The van der Waals surface area contributed by atoms with Crippen LogP contribution in [0.2, 0.25) is 5.02 Å². The summed E-state index contributed by atoms with van der Waals surface area (Å²) in [5.74, 6) is -2.24. The molecular formula is C26H26BrClN2O4S. The molecule has 3 rings (SSSR count). The number of thiophene rings is 1. The summed E-state index contributed by atoms with van der Waals surface area (Å²) in [6.07, 6.45) is 0.156. The zero-order valence-electron chi connectivity index (χ0n) is 19.3. The van der Waals surface area contributed by atoms with Gasteiger partial charge < -0.3 is 15.7 Å². The maximum atomic E-state index is 13.8. The minimum Gasteiger partial charge on any atom is -0.480 e. The minimum absolute atomic E-state index is 0.0816. The van der Waals surface area contributed by atoms with Gasteiger partial charge in [0.1, 0.15) is 6.04 Å². The van der Waals surface area contributed by atoms with Crippen molar-refractivity contribution in [1.82, 2.24) is 4.90 Å². The van der Waals surface area contributed by atoms with Gasteiger partial charge in [-0.15, -0.1) is 11.3 Å². The number of benzene rings is 2. The van der Waals surface area contributed by atoms with E-state index in [0.717, 1.165) is 19.8 Å². The highest BCUT2D eigenvalue weighted by Gasteiger charge is 2.40. The maximum Gasteiger partial charge on any atom is 0.326 e. The first-order chi connectivity index (χ1) is 16.5. The normalized spacial score (nSPS) is 12.2. The van der Waals surface area contributed by atoms with Crippen LogP contribution in [0.25, 0.3) is 10.4 Å². The van der Waals surface area contributed by atoms with Crippen molar-refractivity contribution in [2.45, 2.75) is 44.7 Å². The molecule has 0 saturated carbocycles. The number of hydrogen-bond acceptors (Lipinski definition) is 4. The second-order valence-corrected chi connectivity index (χ2v) is 11.7. The van der Waals surface area contributed by atoms with Crippen molar-refractivity contribution in [3.8, 4) is 10.4 Å². The molecule has 0 aliphatic carbocycles. The van der Waals surface area contributed by atoms with E-state index in [1.807, 2.05) is 50.2 Å². The number of carboxylic acid groups (broad SMARTS) is 1. The molecule has 184 valence electrons. The molecular weight excluding hydrogens is 552 g/mol. The molecule has 2 amide bonds. The topological polar surface area (TPSA) is 101 Å². The Kier molecular flexibility index (Phi) is 8.74. The van der Waals surface area contributed by atoms with Gasteiger partial charge in [0.2, 0.25) is 5.91 Å². The van der Waals surface area contributed by atoms with Crippen molar-refractivity contribution in [2.75, 3.05) is 0 Å². The summed E-state index contributed by atoms with van der Waals surface area (Å²) in [6, 6.07) is 17.0. The third-order valence-corrected chi connectivity index (χ3v) is 7.60. The number of carbonyl (C=O) groups is 3. The predicted molar refractivity (Wildman–Crippen MR) is 143 cm³/mol. The molecule has 2 aromatic carbocycles. The highest BCUT2D eigenvalue weighted by molar-refractivity contribution is 9.11. The Labute approximate surface area is 221 Å². The summed E-state index contributed by atoms with van der Waals surface area (Å²) in [5, 5.41) is 10.6. The van der Waals surface area contributed by atoms with Gasteiger partial charge in [-0.3, -0.25) is 9.59 Å². The molecule has 0 spiro atoms. The van der Waals surface area contributed by atoms with Gasteiger partial charge in [0, 0.05) is 27.4 Å². The Balaban J connectivity index is 1.98. The van der Waals surface area contributed by atoms with Crippen LogP contribution in [0.4, 0.5) is 0 Å². The van der Waals surface area contributed by atoms with Crippen LogP contribution in [0.15, 0.2) is 64.5 Å². The molecule has 1 aromatic heterocycles. The highest BCUT2D eigenvalue weighted by atomic mass is 79.9. The molecule has 0 aliphatic rings. The van der Waals surface area contributed by atoms with E-state index in [2.05, 4.69) is 15.9 Å². The maximum absolute atomic E-state index is 13.8. The van der Waals surface area contributed by atoms with Crippen LogP contribution >= 0.6 is 38.9 Å². The highest BCUT2D eigenvalue weighted by Crippen LogP contribution is 2.32. The van der Waals surface area contributed by atoms with Crippen LogP contribution in [-0.2, 0) is 16.0 Å². The summed E-state index contributed by atoms with van der Waals surface area (Å²) in [7, 11) is 0. The molecule has 35 heavy (non-hydrogen) atoms. The lowest BCUT2D eigenvalue weighted by Crippen LogP contribution is -2.57. The van der Waals surface area contributed by atoms with E-state index in [0.29, 0.717) is 17.0 Å². The molecule has 0 saturated heterocycles. The third-order valence-electron chi connectivity index (χ3n) is 5.67. The van der Waals surface area contributed by atoms with Crippen molar-refractivity contribution >= 4 is 56.7 Å². The molecule has 1 atom stereocenters. The molecule has 0 fully saturated rings. The zero-order valence-corrected chi connectivity index (χ0v) is 22.5. The van der Waals surface area contributed by atoms with Crippen molar-refractivity contribution in [2.24, 2.45) is 5.73 Å². The lowest BCUT2D eigenvalue weighted by atomic mass is 9.89. The standard InChI is InChI=1S/C26H26BrClN2O4S/c1-26(2,15-16-3-9-19(28)10-4-16)30(20(25(33)34)11-14-23(29)31)24(32)18-7-5-17(6-8-18)21-12-13-22(27)35-21/h3-10,12-13,20H,11,14-15H2,1-2H3,(H2,29,31)(H,33,34)/t20-/m0/s1. The Morgan fingerprint density at radius 3 is 2.20 bits per heavy atom. The largest absolute Gasteiger partial charge is 0.480 e. The fourth-order valence-corrected chi connectivity index (χ4v) is 5.57. The van der Waals surface area contributed by atoms with Gasteiger partial charge in [-0.05, 0) is 90.1 Å². The van der Waals surface area contributed by atoms with Crippen LogP contribution < -0.4 is 5.73 Å². The molecule has 3 aromatic rings. The Morgan fingerprint density at radius 1 is 1.06 bits per heavy atom. The molecule has 9 heteroatoms. The second kappa shape index (κ2) is 11.4.